The van der Waals surface area contributed by atoms with Crippen molar-refractivity contribution in [3.63, 3.8) is 0 Å². The molecule has 0 bridgehead atoms. The van der Waals surface area contributed by atoms with Crippen LogP contribution >= 0.6 is 0 Å². The zero-order valence-corrected chi connectivity index (χ0v) is 12.9. The number of carbonyl (C=O) groups excluding carboxylic acids is 1. The summed E-state index contributed by atoms with van der Waals surface area (Å²) in [6.07, 6.45) is 5.21. The highest BCUT2D eigenvalue weighted by Crippen LogP contribution is 2.17. The van der Waals surface area contributed by atoms with E-state index in [0.29, 0.717) is 6.07 Å². The molecule has 122 valence electrons. The molecular weight excluding hydrogens is 312 g/mol. The average Bonchev–Trinajstić information content (AvgIpc) is 3.09. The molecule has 1 amide bonds. The van der Waals surface area contributed by atoms with Gasteiger partial charge >= 0.3 is 0 Å². The Morgan fingerprint density at radius 1 is 1.17 bits per heavy atom. The van der Waals surface area contributed by atoms with Crippen molar-refractivity contribution in [2.45, 2.75) is 13.0 Å². The number of aromatic nitrogens is 2. The molecule has 3 rings (SSSR count). The molecule has 0 saturated heterocycles. The molecule has 4 nitrogen and oxygen atoms in total. The molecule has 0 spiro atoms. The number of nitrogens with zero attached hydrogens (tertiary/aromatic N) is 2. The minimum Gasteiger partial charge on any atom is -0.345 e. The van der Waals surface area contributed by atoms with Crippen molar-refractivity contribution in [3.05, 3.63) is 83.9 Å². The molecular formula is C18H15F2N3O. The zero-order chi connectivity index (χ0) is 17.1. The monoisotopic (exact) mass is 327 g/mol. The molecule has 1 atom stereocenters. The van der Waals surface area contributed by atoms with Gasteiger partial charge in [-0.25, -0.2) is 13.8 Å². The van der Waals surface area contributed by atoms with E-state index in [1.165, 1.54) is 0 Å². The Kier molecular flexibility index (Phi) is 4.37. The first-order valence-electron chi connectivity index (χ1n) is 7.39. The van der Waals surface area contributed by atoms with Gasteiger partial charge in [-0.15, -0.1) is 0 Å². The van der Waals surface area contributed by atoms with E-state index in [2.05, 4.69) is 10.3 Å². The van der Waals surface area contributed by atoms with E-state index in [0.717, 1.165) is 23.4 Å². The summed E-state index contributed by atoms with van der Waals surface area (Å²) in [6, 6.07) is 10.1. The summed E-state index contributed by atoms with van der Waals surface area (Å²) < 4.78 is 28.4. The fourth-order valence-electron chi connectivity index (χ4n) is 2.38. The van der Waals surface area contributed by atoms with E-state index in [1.54, 1.807) is 19.4 Å². The first-order chi connectivity index (χ1) is 11.5. The van der Waals surface area contributed by atoms with Gasteiger partial charge in [-0.3, -0.25) is 4.79 Å². The molecule has 3 aromatic rings. The van der Waals surface area contributed by atoms with Gasteiger partial charge in [0, 0.05) is 24.1 Å². The van der Waals surface area contributed by atoms with Crippen LogP contribution in [-0.4, -0.2) is 15.5 Å². The predicted molar refractivity (Wildman–Crippen MR) is 85.8 cm³/mol. The van der Waals surface area contributed by atoms with Crippen LogP contribution in [0.5, 0.6) is 0 Å². The van der Waals surface area contributed by atoms with Crippen LogP contribution in [0.1, 0.15) is 28.9 Å². The highest BCUT2D eigenvalue weighted by atomic mass is 19.1. The van der Waals surface area contributed by atoms with Gasteiger partial charge in [0.15, 0.2) is 0 Å². The Labute approximate surface area is 137 Å². The van der Waals surface area contributed by atoms with Crippen LogP contribution in [0.3, 0.4) is 0 Å². The van der Waals surface area contributed by atoms with Crippen LogP contribution in [0.15, 0.2) is 61.2 Å². The van der Waals surface area contributed by atoms with Crippen molar-refractivity contribution in [1.82, 2.24) is 14.9 Å². The normalized spacial score (nSPS) is 12.0. The Hall–Kier alpha value is -3.02. The van der Waals surface area contributed by atoms with Crippen molar-refractivity contribution in [2.75, 3.05) is 0 Å². The zero-order valence-electron chi connectivity index (χ0n) is 12.9. The molecule has 1 heterocycles. The Morgan fingerprint density at radius 2 is 1.92 bits per heavy atom. The minimum atomic E-state index is -0.879. The standard InChI is InChI=1S/C18H15F2N3O/c1-12(22-18(24)16-7-4-14(19)10-17(16)20)13-2-5-15(6-3-13)23-9-8-21-11-23/h2-12H,1H3,(H,22,24)/t12-/m0/s1. The molecule has 0 saturated carbocycles. The van der Waals surface area contributed by atoms with E-state index in [9.17, 15) is 13.6 Å². The van der Waals surface area contributed by atoms with Crippen molar-refractivity contribution >= 4 is 5.91 Å². The average molecular weight is 327 g/mol. The number of amides is 1. The van der Waals surface area contributed by atoms with E-state index in [-0.39, 0.29) is 11.6 Å². The van der Waals surface area contributed by atoms with Gasteiger partial charge in [-0.1, -0.05) is 12.1 Å². The van der Waals surface area contributed by atoms with Crippen molar-refractivity contribution in [1.29, 1.82) is 0 Å². The van der Waals surface area contributed by atoms with Gasteiger partial charge < -0.3 is 9.88 Å². The number of hydrogen-bond acceptors (Lipinski definition) is 2. The molecule has 0 unspecified atom stereocenters. The first-order valence-corrected chi connectivity index (χ1v) is 7.39. The molecule has 1 N–H and O–H groups in total. The molecule has 0 aliphatic carbocycles. The van der Waals surface area contributed by atoms with Gasteiger partial charge in [0.25, 0.3) is 5.91 Å². The quantitative estimate of drug-likeness (QED) is 0.795. The second-order valence-electron chi connectivity index (χ2n) is 5.38. The maximum atomic E-state index is 13.7. The summed E-state index contributed by atoms with van der Waals surface area (Å²) in [5, 5.41) is 2.71. The molecule has 0 radical (unpaired) electrons. The molecule has 0 aliphatic rings. The fraction of sp³-hybridized carbons (Fsp3) is 0.111. The van der Waals surface area contributed by atoms with Gasteiger partial charge in [-0.05, 0) is 36.8 Å². The number of benzene rings is 2. The summed E-state index contributed by atoms with van der Waals surface area (Å²) in [5.74, 6) is -2.18. The minimum absolute atomic E-state index is 0.182. The number of carbonyl (C=O) groups is 1. The smallest absolute Gasteiger partial charge is 0.254 e. The maximum absolute atomic E-state index is 13.7. The predicted octanol–water partition coefficient (Wildman–Crippen LogP) is 3.64. The summed E-state index contributed by atoms with van der Waals surface area (Å²) >= 11 is 0. The topological polar surface area (TPSA) is 46.9 Å². The number of imidazole rings is 1. The Morgan fingerprint density at radius 3 is 2.54 bits per heavy atom. The van der Waals surface area contributed by atoms with Crippen molar-refractivity contribution < 1.29 is 13.6 Å². The molecule has 2 aromatic carbocycles. The lowest BCUT2D eigenvalue weighted by Gasteiger charge is -2.15. The third-order valence-corrected chi connectivity index (χ3v) is 3.72. The lowest BCUT2D eigenvalue weighted by atomic mass is 10.1. The van der Waals surface area contributed by atoms with E-state index < -0.39 is 17.5 Å². The van der Waals surface area contributed by atoms with Crippen LogP contribution in [0.4, 0.5) is 8.78 Å². The van der Waals surface area contributed by atoms with Gasteiger partial charge in [0.2, 0.25) is 0 Å². The third kappa shape index (κ3) is 3.32. The SMILES string of the molecule is C[C@H](NC(=O)c1ccc(F)cc1F)c1ccc(-n2ccnc2)cc1. The number of halogens is 2. The second kappa shape index (κ2) is 6.62. The van der Waals surface area contributed by atoms with Crippen LogP contribution in [0.25, 0.3) is 5.69 Å². The number of rotatable bonds is 4. The highest BCUT2D eigenvalue weighted by Gasteiger charge is 2.15. The first kappa shape index (κ1) is 15.9. The molecule has 6 heteroatoms. The summed E-state index contributed by atoms with van der Waals surface area (Å²) in [4.78, 5) is 16.1. The lowest BCUT2D eigenvalue weighted by molar-refractivity contribution is 0.0935. The second-order valence-corrected chi connectivity index (χ2v) is 5.38. The molecule has 0 fully saturated rings. The van der Waals surface area contributed by atoms with Crippen LogP contribution in [0, 0.1) is 11.6 Å². The number of nitrogens with one attached hydrogen (secondary N) is 1. The summed E-state index contributed by atoms with van der Waals surface area (Å²) in [6.45, 7) is 1.80. The summed E-state index contributed by atoms with van der Waals surface area (Å²) in [7, 11) is 0. The lowest BCUT2D eigenvalue weighted by Crippen LogP contribution is -2.27. The highest BCUT2D eigenvalue weighted by molar-refractivity contribution is 5.94. The molecule has 24 heavy (non-hydrogen) atoms. The van der Waals surface area contributed by atoms with Gasteiger partial charge in [-0.2, -0.15) is 0 Å². The molecule has 1 aromatic heterocycles. The van der Waals surface area contributed by atoms with E-state index in [1.807, 2.05) is 35.0 Å². The van der Waals surface area contributed by atoms with Crippen molar-refractivity contribution in [3.8, 4) is 5.69 Å². The Balaban J connectivity index is 1.72. The number of hydrogen-bond donors (Lipinski definition) is 1. The Bertz CT molecular complexity index is 845. The van der Waals surface area contributed by atoms with Crippen LogP contribution in [0.2, 0.25) is 0 Å². The fourth-order valence-corrected chi connectivity index (χ4v) is 2.38. The summed E-state index contributed by atoms with van der Waals surface area (Å²) in [5.41, 5.74) is 1.63. The van der Waals surface area contributed by atoms with Gasteiger partial charge in [0.05, 0.1) is 17.9 Å². The maximum Gasteiger partial charge on any atom is 0.254 e. The molecule has 0 aliphatic heterocycles. The van der Waals surface area contributed by atoms with Crippen molar-refractivity contribution in [2.24, 2.45) is 0 Å². The van der Waals surface area contributed by atoms with E-state index >= 15 is 0 Å². The largest absolute Gasteiger partial charge is 0.345 e. The third-order valence-electron chi connectivity index (χ3n) is 3.72. The van der Waals surface area contributed by atoms with E-state index in [4.69, 9.17) is 0 Å². The van der Waals surface area contributed by atoms with Crippen LogP contribution < -0.4 is 5.32 Å². The van der Waals surface area contributed by atoms with Crippen LogP contribution in [-0.2, 0) is 0 Å². The van der Waals surface area contributed by atoms with Gasteiger partial charge in [0.1, 0.15) is 11.6 Å².